The van der Waals surface area contributed by atoms with Gasteiger partial charge < -0.3 is 4.74 Å². The Morgan fingerprint density at radius 1 is 0.444 bits per heavy atom. The Morgan fingerprint density at radius 2 is 0.704 bits per heavy atom. The predicted molar refractivity (Wildman–Crippen MR) is 61.7 cm³/mol. The number of halogens is 14. The molecule has 0 aliphatic carbocycles. The van der Waals surface area contributed by atoms with Gasteiger partial charge in [0, 0.05) is 12.8 Å². The SMILES string of the molecule is FCC(F)(F)C(F)(F)C(F)(F)CCOCCC(F)(F)C(F)(F)C(F)(F)CF. The van der Waals surface area contributed by atoms with Gasteiger partial charge in [0.15, 0.2) is 13.3 Å². The highest BCUT2D eigenvalue weighted by Crippen LogP contribution is 2.48. The van der Waals surface area contributed by atoms with Crippen LogP contribution in [0.15, 0.2) is 0 Å². The summed E-state index contributed by atoms with van der Waals surface area (Å²) in [4.78, 5) is 0. The number of hydrogen-bond donors (Lipinski definition) is 0. The van der Waals surface area contributed by atoms with Gasteiger partial charge in [0.1, 0.15) is 0 Å². The van der Waals surface area contributed by atoms with E-state index in [9.17, 15) is 61.5 Å². The fourth-order valence-corrected chi connectivity index (χ4v) is 1.52. The molecule has 1 nitrogen and oxygen atoms in total. The molecule has 0 aliphatic heterocycles. The van der Waals surface area contributed by atoms with E-state index >= 15 is 0 Å². The van der Waals surface area contributed by atoms with Crippen molar-refractivity contribution in [3.05, 3.63) is 0 Å². The van der Waals surface area contributed by atoms with Gasteiger partial charge in [-0.3, -0.25) is 0 Å². The van der Waals surface area contributed by atoms with Gasteiger partial charge in [-0.05, 0) is 0 Å². The van der Waals surface area contributed by atoms with Crippen LogP contribution in [0.4, 0.5) is 61.5 Å². The highest BCUT2D eigenvalue weighted by molar-refractivity contribution is 4.97. The molecule has 0 aliphatic rings. The molecule has 0 unspecified atom stereocenters. The Morgan fingerprint density at radius 3 is 0.926 bits per heavy atom. The summed E-state index contributed by atoms with van der Waals surface area (Å²) < 4.78 is 181. The molecule has 0 rings (SSSR count). The van der Waals surface area contributed by atoms with Crippen LogP contribution in [0.5, 0.6) is 0 Å². The predicted octanol–water partition coefficient (Wildman–Crippen LogP) is 5.53. The molecule has 0 heterocycles. The summed E-state index contributed by atoms with van der Waals surface area (Å²) in [7, 11) is 0. The third-order valence-corrected chi connectivity index (χ3v) is 3.29. The Labute approximate surface area is 142 Å². The van der Waals surface area contributed by atoms with Gasteiger partial charge in [-0.2, -0.15) is 52.7 Å². The standard InChI is InChI=1S/C12H12F14O/c13-5-9(19,20)11(23,24)7(15,16)1-3-27-4-2-8(17,18)12(25,26)10(21,22)6-14/h1-6H2. The molecule has 0 aromatic heterocycles. The molecule has 0 saturated heterocycles. The van der Waals surface area contributed by atoms with Gasteiger partial charge in [-0.25, -0.2) is 8.78 Å². The summed E-state index contributed by atoms with van der Waals surface area (Å²) in [6.45, 7) is -9.60. The summed E-state index contributed by atoms with van der Waals surface area (Å²) >= 11 is 0. The second-order valence-electron chi connectivity index (χ2n) is 5.35. The first kappa shape index (κ1) is 26.0. The van der Waals surface area contributed by atoms with Crippen molar-refractivity contribution in [1.29, 1.82) is 0 Å². The molecule has 0 aromatic rings. The molecule has 164 valence electrons. The highest BCUT2D eigenvalue weighted by atomic mass is 19.4. The molecule has 0 spiro atoms. The van der Waals surface area contributed by atoms with E-state index in [1.54, 1.807) is 0 Å². The van der Waals surface area contributed by atoms with Crippen LogP contribution in [-0.4, -0.2) is 62.1 Å². The zero-order valence-electron chi connectivity index (χ0n) is 12.9. The Bertz CT molecular complexity index is 433. The van der Waals surface area contributed by atoms with Crippen molar-refractivity contribution in [2.75, 3.05) is 26.6 Å². The second kappa shape index (κ2) is 8.15. The van der Waals surface area contributed by atoms with Gasteiger partial charge in [0.2, 0.25) is 0 Å². The van der Waals surface area contributed by atoms with Crippen LogP contribution >= 0.6 is 0 Å². The molecule has 0 bridgehead atoms. The lowest BCUT2D eigenvalue weighted by atomic mass is 10.0. The van der Waals surface area contributed by atoms with Crippen molar-refractivity contribution in [2.24, 2.45) is 0 Å². The minimum absolute atomic E-state index is 1.66. The van der Waals surface area contributed by atoms with Crippen molar-refractivity contribution < 1.29 is 66.2 Å². The highest BCUT2D eigenvalue weighted by Gasteiger charge is 2.72. The molecule has 0 radical (unpaired) electrons. The first-order valence-electron chi connectivity index (χ1n) is 6.79. The third-order valence-electron chi connectivity index (χ3n) is 3.29. The third kappa shape index (κ3) is 5.08. The second-order valence-corrected chi connectivity index (χ2v) is 5.35. The molecule has 0 saturated carbocycles. The fourth-order valence-electron chi connectivity index (χ4n) is 1.52. The minimum Gasteiger partial charge on any atom is -0.381 e. The lowest BCUT2D eigenvalue weighted by Gasteiger charge is -2.32. The van der Waals surface area contributed by atoms with Gasteiger partial charge >= 0.3 is 35.5 Å². The molecule has 0 aromatic carbocycles. The van der Waals surface area contributed by atoms with Crippen molar-refractivity contribution in [2.45, 2.75) is 48.4 Å². The Hall–Kier alpha value is -1.02. The zero-order valence-corrected chi connectivity index (χ0v) is 12.9. The number of alkyl halides is 14. The maximum Gasteiger partial charge on any atom is 0.374 e. The van der Waals surface area contributed by atoms with Crippen LogP contribution in [0.1, 0.15) is 12.8 Å². The average Bonchev–Trinajstić information content (AvgIpc) is 2.53. The molecule has 27 heavy (non-hydrogen) atoms. The van der Waals surface area contributed by atoms with E-state index in [0.29, 0.717) is 0 Å². The average molecular weight is 438 g/mol. The summed E-state index contributed by atoms with van der Waals surface area (Å²) in [5.74, 6) is -35.0. The normalized spacial score (nSPS) is 15.3. The van der Waals surface area contributed by atoms with Crippen LogP contribution in [0, 0.1) is 0 Å². The van der Waals surface area contributed by atoms with E-state index in [0.717, 1.165) is 0 Å². The van der Waals surface area contributed by atoms with E-state index in [2.05, 4.69) is 4.74 Å². The number of rotatable bonds is 12. The minimum atomic E-state index is -6.18. The number of hydrogen-bond acceptors (Lipinski definition) is 1. The smallest absolute Gasteiger partial charge is 0.374 e. The number of ether oxygens (including phenoxy) is 1. The van der Waals surface area contributed by atoms with Crippen LogP contribution in [0.25, 0.3) is 0 Å². The van der Waals surface area contributed by atoms with Crippen LogP contribution in [0.3, 0.4) is 0 Å². The van der Waals surface area contributed by atoms with E-state index in [1.165, 1.54) is 0 Å². The Kier molecular flexibility index (Phi) is 7.84. The summed E-state index contributed by atoms with van der Waals surface area (Å²) in [5, 5.41) is 0. The largest absolute Gasteiger partial charge is 0.381 e. The molecule has 0 amide bonds. The quantitative estimate of drug-likeness (QED) is 0.288. The maximum absolute atomic E-state index is 13.1. The molecule has 0 atom stereocenters. The fraction of sp³-hybridized carbons (Fsp3) is 1.00. The van der Waals surface area contributed by atoms with Crippen LogP contribution in [0.2, 0.25) is 0 Å². The van der Waals surface area contributed by atoms with Crippen LogP contribution in [-0.2, 0) is 4.74 Å². The van der Waals surface area contributed by atoms with E-state index < -0.39 is 74.9 Å². The van der Waals surface area contributed by atoms with E-state index in [-0.39, 0.29) is 0 Å². The topological polar surface area (TPSA) is 9.23 Å². The summed E-state index contributed by atoms with van der Waals surface area (Å²) in [6, 6.07) is 0. The van der Waals surface area contributed by atoms with Gasteiger partial charge in [-0.1, -0.05) is 0 Å². The van der Waals surface area contributed by atoms with Crippen molar-refractivity contribution in [3.8, 4) is 0 Å². The lowest BCUT2D eigenvalue weighted by Crippen LogP contribution is -2.56. The van der Waals surface area contributed by atoms with Gasteiger partial charge in [-0.15, -0.1) is 0 Å². The van der Waals surface area contributed by atoms with E-state index in [4.69, 9.17) is 0 Å². The van der Waals surface area contributed by atoms with Crippen LogP contribution < -0.4 is 0 Å². The van der Waals surface area contributed by atoms with Crippen molar-refractivity contribution >= 4 is 0 Å². The van der Waals surface area contributed by atoms with Crippen molar-refractivity contribution in [1.82, 2.24) is 0 Å². The summed E-state index contributed by atoms with van der Waals surface area (Å²) in [5.41, 5.74) is 0. The monoisotopic (exact) mass is 438 g/mol. The van der Waals surface area contributed by atoms with Crippen molar-refractivity contribution in [3.63, 3.8) is 0 Å². The maximum atomic E-state index is 13.1. The lowest BCUT2D eigenvalue weighted by molar-refractivity contribution is -0.318. The molecular formula is C12H12F14O. The molecule has 0 fully saturated rings. The first-order chi connectivity index (χ1) is 11.8. The van der Waals surface area contributed by atoms with E-state index in [1.807, 2.05) is 0 Å². The molecule has 0 N–H and O–H groups in total. The first-order valence-corrected chi connectivity index (χ1v) is 6.79. The van der Waals surface area contributed by atoms with Gasteiger partial charge in [0.25, 0.3) is 0 Å². The van der Waals surface area contributed by atoms with Gasteiger partial charge in [0.05, 0.1) is 13.2 Å². The summed E-state index contributed by atoms with van der Waals surface area (Å²) in [6.07, 6.45) is -4.50. The Balaban J connectivity index is 4.75. The molecular weight excluding hydrogens is 426 g/mol. The zero-order chi connectivity index (χ0) is 21.9. The molecule has 15 heteroatoms.